The minimum absolute atomic E-state index is 0.104. The van der Waals surface area contributed by atoms with Crippen LogP contribution in [0.2, 0.25) is 0 Å². The number of allylic oxidation sites excluding steroid dienone is 22. The zero-order valence-electron chi connectivity index (χ0n) is 49.9. The normalized spacial score (nSPS) is 13.0. The molecule has 0 aliphatic heterocycles. The molecular weight excluding hydrogens is 949 g/mol. The van der Waals surface area contributed by atoms with Crippen molar-refractivity contribution in [3.8, 4) is 0 Å². The fraction of sp³-hybridized carbons (Fsp3) is 0.648. The van der Waals surface area contributed by atoms with E-state index in [-0.39, 0.29) is 37.5 Å². The van der Waals surface area contributed by atoms with Crippen molar-refractivity contribution in [1.29, 1.82) is 0 Å². The Balaban J connectivity index is 4.42. The fourth-order valence-electron chi connectivity index (χ4n) is 8.48. The lowest BCUT2D eigenvalue weighted by Crippen LogP contribution is -2.30. The SMILES string of the molecule is CC/C=C\C/C=C\C/C=C\C/C=C\C/C=C\C/C=C\CCCCCCCCCCC(=O)OCC(COC(=O)CCCCCCCCCCCCCCCCC)OC(=O)CCC/C=C\C/C=C\C/C=C\C/C=C\C/C=C\CC. The van der Waals surface area contributed by atoms with Gasteiger partial charge in [-0.15, -0.1) is 0 Å². The lowest BCUT2D eigenvalue weighted by Gasteiger charge is -2.18. The van der Waals surface area contributed by atoms with E-state index in [4.69, 9.17) is 14.2 Å². The van der Waals surface area contributed by atoms with Gasteiger partial charge in [0.15, 0.2) is 6.10 Å². The molecule has 1 atom stereocenters. The van der Waals surface area contributed by atoms with Crippen LogP contribution in [0.4, 0.5) is 0 Å². The van der Waals surface area contributed by atoms with Gasteiger partial charge in [-0.1, -0.05) is 283 Å². The summed E-state index contributed by atoms with van der Waals surface area (Å²) in [4.78, 5) is 38.3. The van der Waals surface area contributed by atoms with Gasteiger partial charge < -0.3 is 14.2 Å². The summed E-state index contributed by atoms with van der Waals surface area (Å²) < 4.78 is 16.9. The second-order valence-corrected chi connectivity index (χ2v) is 20.6. The number of esters is 3. The highest BCUT2D eigenvalue weighted by Crippen LogP contribution is 2.16. The van der Waals surface area contributed by atoms with E-state index < -0.39 is 6.10 Å². The maximum absolute atomic E-state index is 12.9. The number of unbranched alkanes of at least 4 members (excludes halogenated alkanes) is 23. The van der Waals surface area contributed by atoms with Gasteiger partial charge in [0.1, 0.15) is 13.2 Å². The highest BCUT2D eigenvalue weighted by molar-refractivity contribution is 5.71. The molecule has 0 bridgehead atoms. The molecule has 0 aromatic heterocycles. The average Bonchev–Trinajstić information content (AvgIpc) is 3.43. The minimum atomic E-state index is -0.815. The second kappa shape index (κ2) is 64.1. The molecule has 0 saturated carbocycles. The first-order chi connectivity index (χ1) is 38.0. The molecule has 0 saturated heterocycles. The van der Waals surface area contributed by atoms with Crippen molar-refractivity contribution >= 4 is 17.9 Å². The number of rotatable bonds is 56. The van der Waals surface area contributed by atoms with E-state index in [1.807, 2.05) is 0 Å². The van der Waals surface area contributed by atoms with Crippen LogP contribution in [-0.4, -0.2) is 37.2 Å². The van der Waals surface area contributed by atoms with E-state index in [0.717, 1.165) is 122 Å². The van der Waals surface area contributed by atoms with E-state index >= 15 is 0 Å². The van der Waals surface area contributed by atoms with E-state index in [0.29, 0.717) is 19.3 Å². The topological polar surface area (TPSA) is 78.9 Å². The van der Waals surface area contributed by atoms with Gasteiger partial charge in [-0.3, -0.25) is 14.4 Å². The largest absolute Gasteiger partial charge is 0.462 e. The molecule has 0 amide bonds. The first kappa shape index (κ1) is 72.5. The highest BCUT2D eigenvalue weighted by atomic mass is 16.6. The molecule has 0 fully saturated rings. The van der Waals surface area contributed by atoms with Gasteiger partial charge >= 0.3 is 17.9 Å². The van der Waals surface area contributed by atoms with Gasteiger partial charge in [0.2, 0.25) is 0 Å². The molecule has 0 aliphatic rings. The molecule has 0 aliphatic carbocycles. The Morgan fingerprint density at radius 3 is 0.831 bits per heavy atom. The predicted octanol–water partition coefficient (Wildman–Crippen LogP) is 21.8. The third kappa shape index (κ3) is 62.3. The molecule has 436 valence electrons. The summed E-state index contributed by atoms with van der Waals surface area (Å²) in [5.41, 5.74) is 0. The molecular formula is C71H116O6. The fourth-order valence-corrected chi connectivity index (χ4v) is 8.48. The lowest BCUT2D eigenvalue weighted by molar-refractivity contribution is -0.167. The van der Waals surface area contributed by atoms with Crippen LogP contribution in [0.1, 0.15) is 278 Å². The summed E-state index contributed by atoms with van der Waals surface area (Å²) in [5.74, 6) is -0.969. The van der Waals surface area contributed by atoms with Gasteiger partial charge in [0.05, 0.1) is 0 Å². The van der Waals surface area contributed by atoms with Crippen LogP contribution >= 0.6 is 0 Å². The maximum Gasteiger partial charge on any atom is 0.306 e. The molecule has 0 heterocycles. The third-order valence-corrected chi connectivity index (χ3v) is 13.2. The Bertz CT molecular complexity index is 1650. The van der Waals surface area contributed by atoms with E-state index in [2.05, 4.69) is 154 Å². The van der Waals surface area contributed by atoms with Gasteiger partial charge in [0.25, 0.3) is 0 Å². The number of hydrogen-bond acceptors (Lipinski definition) is 6. The number of carbonyl (C=O) groups excluding carboxylic acids is 3. The molecule has 77 heavy (non-hydrogen) atoms. The average molecular weight is 1070 g/mol. The van der Waals surface area contributed by atoms with Crippen molar-refractivity contribution in [3.63, 3.8) is 0 Å². The Morgan fingerprint density at radius 1 is 0.273 bits per heavy atom. The van der Waals surface area contributed by atoms with Crippen LogP contribution in [0.5, 0.6) is 0 Å². The summed E-state index contributed by atoms with van der Waals surface area (Å²) in [5, 5.41) is 0. The van der Waals surface area contributed by atoms with Crippen LogP contribution in [0.15, 0.2) is 134 Å². The van der Waals surface area contributed by atoms with E-state index in [9.17, 15) is 14.4 Å². The molecule has 0 radical (unpaired) electrons. The Morgan fingerprint density at radius 2 is 0.519 bits per heavy atom. The van der Waals surface area contributed by atoms with Crippen molar-refractivity contribution in [2.75, 3.05) is 13.2 Å². The molecule has 1 unspecified atom stereocenters. The van der Waals surface area contributed by atoms with E-state index in [1.165, 1.54) is 109 Å². The van der Waals surface area contributed by atoms with Crippen LogP contribution in [0.25, 0.3) is 0 Å². The molecule has 0 aromatic carbocycles. The van der Waals surface area contributed by atoms with Crippen LogP contribution in [0.3, 0.4) is 0 Å². The minimum Gasteiger partial charge on any atom is -0.462 e. The molecule has 0 aromatic rings. The summed E-state index contributed by atoms with van der Waals surface area (Å²) in [7, 11) is 0. The van der Waals surface area contributed by atoms with Crippen molar-refractivity contribution in [2.24, 2.45) is 0 Å². The van der Waals surface area contributed by atoms with Crippen molar-refractivity contribution in [3.05, 3.63) is 134 Å². The Labute approximate surface area is 475 Å². The zero-order chi connectivity index (χ0) is 55.7. The van der Waals surface area contributed by atoms with Crippen molar-refractivity contribution in [1.82, 2.24) is 0 Å². The molecule has 0 N–H and O–H groups in total. The standard InChI is InChI=1S/C71H116O6/c1-4-7-10-13-16-19-22-25-28-30-31-32-33-34-35-36-37-38-39-41-43-46-49-52-55-58-61-64-70(73)76-67-68(66-75-69(72)63-60-57-54-51-48-45-42-27-24-21-18-15-12-9-6-3)77-71(74)65-62-59-56-53-50-47-44-40-29-26-23-20-17-14-11-8-5-2/h7-8,10-11,16-17,19-20,25-26,28-29,31-32,34-35,37-38,44,47,53,56,68H,4-6,9,12-15,18,21-24,27,30,33,36,39-43,45-46,48-52,54-55,57-67H2,1-3H3/b10-7-,11-8-,19-16-,20-17-,28-25-,29-26-,32-31-,35-34-,38-37-,47-44-,56-53-. The number of hydrogen-bond donors (Lipinski definition) is 0. The Hall–Kier alpha value is -4.45. The number of ether oxygens (including phenoxy) is 3. The first-order valence-electron chi connectivity index (χ1n) is 31.7. The van der Waals surface area contributed by atoms with Crippen LogP contribution in [0, 0.1) is 0 Å². The van der Waals surface area contributed by atoms with Gasteiger partial charge in [-0.2, -0.15) is 0 Å². The van der Waals surface area contributed by atoms with Crippen LogP contribution in [-0.2, 0) is 28.6 Å². The smallest absolute Gasteiger partial charge is 0.306 e. The highest BCUT2D eigenvalue weighted by Gasteiger charge is 2.19. The summed E-state index contributed by atoms with van der Waals surface area (Å²) in [6, 6.07) is 0. The van der Waals surface area contributed by atoms with E-state index in [1.54, 1.807) is 0 Å². The molecule has 6 heteroatoms. The predicted molar refractivity (Wildman–Crippen MR) is 334 cm³/mol. The summed E-state index contributed by atoms with van der Waals surface area (Å²) in [6.45, 7) is 6.37. The van der Waals surface area contributed by atoms with Crippen molar-refractivity contribution < 1.29 is 28.6 Å². The number of carbonyl (C=O) groups is 3. The monoisotopic (exact) mass is 1060 g/mol. The van der Waals surface area contributed by atoms with Gasteiger partial charge in [-0.25, -0.2) is 0 Å². The molecule has 0 spiro atoms. The maximum atomic E-state index is 12.9. The molecule has 0 rings (SSSR count). The van der Waals surface area contributed by atoms with Gasteiger partial charge in [-0.05, 0) is 109 Å². The zero-order valence-corrected chi connectivity index (χ0v) is 49.9. The van der Waals surface area contributed by atoms with Gasteiger partial charge in [0, 0.05) is 19.3 Å². The summed E-state index contributed by atoms with van der Waals surface area (Å²) >= 11 is 0. The lowest BCUT2D eigenvalue weighted by atomic mass is 10.0. The van der Waals surface area contributed by atoms with Crippen molar-refractivity contribution in [2.45, 2.75) is 284 Å². The quantitative estimate of drug-likeness (QED) is 0.0261. The van der Waals surface area contributed by atoms with Crippen LogP contribution < -0.4 is 0 Å². The Kier molecular flexibility index (Phi) is 60.4. The second-order valence-electron chi connectivity index (χ2n) is 20.6. The first-order valence-corrected chi connectivity index (χ1v) is 31.7. The molecule has 6 nitrogen and oxygen atoms in total. The summed E-state index contributed by atoms with van der Waals surface area (Å²) in [6.07, 6.45) is 90.3. The third-order valence-electron chi connectivity index (χ3n) is 13.2.